The SMILES string of the molecule is CCCC1(N2CCC(C)(C)C2)CCC1. The first-order valence-corrected chi connectivity index (χ1v) is 6.33. The molecule has 2 rings (SSSR count). The molecule has 0 aromatic heterocycles. The van der Waals surface area contributed by atoms with Crippen LogP contribution in [-0.4, -0.2) is 23.5 Å². The molecule has 0 atom stereocenters. The summed E-state index contributed by atoms with van der Waals surface area (Å²) in [7, 11) is 0. The minimum absolute atomic E-state index is 0.580. The number of rotatable bonds is 3. The highest BCUT2D eigenvalue weighted by atomic mass is 15.2. The standard InChI is InChI=1S/C13H25N/c1-4-6-13(7-5-8-13)14-10-9-12(2,3)11-14/h4-11H2,1-3H3. The summed E-state index contributed by atoms with van der Waals surface area (Å²) in [5, 5.41) is 0. The Kier molecular flexibility index (Phi) is 2.63. The van der Waals surface area contributed by atoms with Crippen LogP contribution < -0.4 is 0 Å². The van der Waals surface area contributed by atoms with Crippen LogP contribution in [0, 0.1) is 5.41 Å². The van der Waals surface area contributed by atoms with Crippen LogP contribution in [0.5, 0.6) is 0 Å². The van der Waals surface area contributed by atoms with Gasteiger partial charge in [0, 0.05) is 12.1 Å². The van der Waals surface area contributed by atoms with E-state index >= 15 is 0 Å². The second-order valence-electron chi connectivity index (χ2n) is 6.16. The molecular weight excluding hydrogens is 170 g/mol. The van der Waals surface area contributed by atoms with E-state index in [1.54, 1.807) is 0 Å². The molecule has 0 N–H and O–H groups in total. The normalized spacial score (nSPS) is 30.2. The zero-order chi connectivity index (χ0) is 10.2. The van der Waals surface area contributed by atoms with Gasteiger partial charge in [-0.1, -0.05) is 27.2 Å². The van der Waals surface area contributed by atoms with Gasteiger partial charge in [0.2, 0.25) is 0 Å². The molecule has 0 aromatic carbocycles. The van der Waals surface area contributed by atoms with Crippen molar-refractivity contribution < 1.29 is 0 Å². The van der Waals surface area contributed by atoms with Crippen molar-refractivity contribution in [3.8, 4) is 0 Å². The number of hydrogen-bond acceptors (Lipinski definition) is 1. The average Bonchev–Trinajstić information content (AvgIpc) is 2.38. The van der Waals surface area contributed by atoms with E-state index < -0.39 is 0 Å². The molecule has 1 nitrogen and oxygen atoms in total. The van der Waals surface area contributed by atoms with Gasteiger partial charge in [0.05, 0.1) is 0 Å². The zero-order valence-electron chi connectivity index (χ0n) is 10.1. The average molecular weight is 195 g/mol. The maximum absolute atomic E-state index is 2.81. The Hall–Kier alpha value is -0.0400. The monoisotopic (exact) mass is 195 g/mol. The molecule has 0 unspecified atom stereocenters. The molecule has 1 heteroatoms. The van der Waals surface area contributed by atoms with Gasteiger partial charge in [-0.2, -0.15) is 0 Å². The van der Waals surface area contributed by atoms with E-state index in [-0.39, 0.29) is 0 Å². The summed E-state index contributed by atoms with van der Waals surface area (Å²) in [5.74, 6) is 0. The van der Waals surface area contributed by atoms with Crippen molar-refractivity contribution >= 4 is 0 Å². The third kappa shape index (κ3) is 1.71. The van der Waals surface area contributed by atoms with Crippen molar-refractivity contribution in [3.05, 3.63) is 0 Å². The van der Waals surface area contributed by atoms with Gasteiger partial charge in [0.25, 0.3) is 0 Å². The first kappa shape index (κ1) is 10.5. The molecule has 2 fully saturated rings. The summed E-state index contributed by atoms with van der Waals surface area (Å²) in [6.07, 6.45) is 8.60. The van der Waals surface area contributed by atoms with Crippen LogP contribution in [0.15, 0.2) is 0 Å². The quantitative estimate of drug-likeness (QED) is 0.667. The largest absolute Gasteiger partial charge is 0.297 e. The Morgan fingerprint density at radius 1 is 1.14 bits per heavy atom. The maximum Gasteiger partial charge on any atom is 0.0209 e. The van der Waals surface area contributed by atoms with Crippen LogP contribution in [0.2, 0.25) is 0 Å². The molecule has 0 amide bonds. The van der Waals surface area contributed by atoms with Crippen LogP contribution in [-0.2, 0) is 0 Å². The summed E-state index contributed by atoms with van der Waals surface area (Å²) in [5.41, 5.74) is 1.22. The summed E-state index contributed by atoms with van der Waals surface area (Å²) >= 11 is 0. The van der Waals surface area contributed by atoms with Gasteiger partial charge in [0.1, 0.15) is 0 Å². The van der Waals surface area contributed by atoms with Crippen LogP contribution in [0.1, 0.15) is 59.3 Å². The maximum atomic E-state index is 2.81. The molecule has 0 bridgehead atoms. The van der Waals surface area contributed by atoms with Crippen LogP contribution in [0.3, 0.4) is 0 Å². The Morgan fingerprint density at radius 2 is 1.86 bits per heavy atom. The van der Waals surface area contributed by atoms with Crippen LogP contribution in [0.25, 0.3) is 0 Å². The zero-order valence-corrected chi connectivity index (χ0v) is 10.1. The minimum Gasteiger partial charge on any atom is -0.297 e. The molecule has 1 heterocycles. The molecule has 0 radical (unpaired) electrons. The minimum atomic E-state index is 0.580. The summed E-state index contributed by atoms with van der Waals surface area (Å²) < 4.78 is 0. The third-order valence-electron chi connectivity index (χ3n) is 4.35. The fourth-order valence-electron chi connectivity index (χ4n) is 3.29. The van der Waals surface area contributed by atoms with Gasteiger partial charge >= 0.3 is 0 Å². The lowest BCUT2D eigenvalue weighted by Crippen LogP contribution is -2.52. The molecule has 0 aromatic rings. The molecule has 82 valence electrons. The fourth-order valence-corrected chi connectivity index (χ4v) is 3.29. The third-order valence-corrected chi connectivity index (χ3v) is 4.35. The molecule has 0 spiro atoms. The summed E-state index contributed by atoms with van der Waals surface area (Å²) in [4.78, 5) is 2.81. The van der Waals surface area contributed by atoms with Gasteiger partial charge in [-0.25, -0.2) is 0 Å². The first-order chi connectivity index (χ1) is 6.58. The highest BCUT2D eigenvalue weighted by Crippen LogP contribution is 2.45. The summed E-state index contributed by atoms with van der Waals surface area (Å²) in [6, 6.07) is 0. The van der Waals surface area contributed by atoms with E-state index in [4.69, 9.17) is 0 Å². The van der Waals surface area contributed by atoms with Crippen molar-refractivity contribution in [1.29, 1.82) is 0 Å². The highest BCUT2D eigenvalue weighted by molar-refractivity contribution is 5.01. The Morgan fingerprint density at radius 3 is 2.21 bits per heavy atom. The second-order valence-corrected chi connectivity index (χ2v) is 6.16. The predicted molar refractivity (Wildman–Crippen MR) is 61.5 cm³/mol. The molecular formula is C13H25N. The van der Waals surface area contributed by atoms with Gasteiger partial charge in [-0.3, -0.25) is 4.90 Å². The molecule has 1 aliphatic carbocycles. The molecule has 2 aliphatic rings. The lowest BCUT2D eigenvalue weighted by atomic mass is 9.72. The second kappa shape index (κ2) is 3.52. The van der Waals surface area contributed by atoms with Crippen LogP contribution in [0.4, 0.5) is 0 Å². The number of nitrogens with zero attached hydrogens (tertiary/aromatic N) is 1. The van der Waals surface area contributed by atoms with Crippen LogP contribution >= 0.6 is 0 Å². The number of likely N-dealkylation sites (tertiary alicyclic amines) is 1. The van der Waals surface area contributed by atoms with Gasteiger partial charge in [0.15, 0.2) is 0 Å². The molecule has 14 heavy (non-hydrogen) atoms. The van der Waals surface area contributed by atoms with Gasteiger partial charge < -0.3 is 0 Å². The Labute approximate surface area is 88.9 Å². The van der Waals surface area contributed by atoms with Gasteiger partial charge in [-0.15, -0.1) is 0 Å². The van der Waals surface area contributed by atoms with Crippen molar-refractivity contribution in [3.63, 3.8) is 0 Å². The Balaban J connectivity index is 2.00. The smallest absolute Gasteiger partial charge is 0.0209 e. The predicted octanol–water partition coefficient (Wildman–Crippen LogP) is 3.44. The summed E-state index contributed by atoms with van der Waals surface area (Å²) in [6.45, 7) is 9.87. The van der Waals surface area contributed by atoms with Crippen molar-refractivity contribution in [1.82, 2.24) is 4.90 Å². The van der Waals surface area contributed by atoms with E-state index in [0.717, 1.165) is 0 Å². The molecule has 1 saturated carbocycles. The lowest BCUT2D eigenvalue weighted by molar-refractivity contribution is 0.0199. The number of hydrogen-bond donors (Lipinski definition) is 0. The highest BCUT2D eigenvalue weighted by Gasteiger charge is 2.45. The van der Waals surface area contributed by atoms with E-state index in [2.05, 4.69) is 25.7 Å². The van der Waals surface area contributed by atoms with E-state index in [9.17, 15) is 0 Å². The molecule has 1 aliphatic heterocycles. The van der Waals surface area contributed by atoms with Gasteiger partial charge in [-0.05, 0) is 44.1 Å². The molecule has 1 saturated heterocycles. The van der Waals surface area contributed by atoms with Crippen molar-refractivity contribution in [2.75, 3.05) is 13.1 Å². The topological polar surface area (TPSA) is 3.24 Å². The lowest BCUT2D eigenvalue weighted by Gasteiger charge is -2.49. The van der Waals surface area contributed by atoms with E-state index in [0.29, 0.717) is 11.0 Å². The fraction of sp³-hybridized carbons (Fsp3) is 1.00. The van der Waals surface area contributed by atoms with E-state index in [1.165, 1.54) is 51.6 Å². The first-order valence-electron chi connectivity index (χ1n) is 6.33. The van der Waals surface area contributed by atoms with E-state index in [1.807, 2.05) is 0 Å². The van der Waals surface area contributed by atoms with Crippen molar-refractivity contribution in [2.45, 2.75) is 64.8 Å². The Bertz CT molecular complexity index is 203. The van der Waals surface area contributed by atoms with Crippen molar-refractivity contribution in [2.24, 2.45) is 5.41 Å².